The average molecular weight is 441 g/mol. The van der Waals surface area contributed by atoms with E-state index in [9.17, 15) is 13.2 Å². The van der Waals surface area contributed by atoms with Gasteiger partial charge in [0.1, 0.15) is 6.04 Å². The second kappa shape index (κ2) is 8.60. The molecule has 7 heteroatoms. The van der Waals surface area contributed by atoms with Crippen LogP contribution in [0, 0.1) is 0 Å². The molecule has 0 saturated carbocycles. The van der Waals surface area contributed by atoms with Crippen LogP contribution >= 0.6 is 11.6 Å². The number of amides is 1. The van der Waals surface area contributed by atoms with Gasteiger partial charge in [0.25, 0.3) is 0 Å². The summed E-state index contributed by atoms with van der Waals surface area (Å²) in [6.45, 7) is 0.315. The van der Waals surface area contributed by atoms with Crippen molar-refractivity contribution >= 4 is 33.2 Å². The van der Waals surface area contributed by atoms with E-state index in [2.05, 4.69) is 5.32 Å². The van der Waals surface area contributed by atoms with Crippen molar-refractivity contribution in [2.75, 3.05) is 11.9 Å². The summed E-state index contributed by atoms with van der Waals surface area (Å²) in [7, 11) is -3.77. The highest BCUT2D eigenvalue weighted by Crippen LogP contribution is 2.28. The van der Waals surface area contributed by atoms with Gasteiger partial charge in [-0.05, 0) is 60.4 Å². The van der Waals surface area contributed by atoms with Crippen LogP contribution in [0.15, 0.2) is 83.8 Å². The molecule has 1 saturated heterocycles. The van der Waals surface area contributed by atoms with E-state index < -0.39 is 16.1 Å². The van der Waals surface area contributed by atoms with E-state index in [4.69, 9.17) is 11.6 Å². The Hall–Kier alpha value is -2.67. The number of carbonyl (C=O) groups is 1. The van der Waals surface area contributed by atoms with Crippen molar-refractivity contribution in [3.8, 4) is 11.1 Å². The molecule has 0 aromatic heterocycles. The van der Waals surface area contributed by atoms with Gasteiger partial charge in [0.15, 0.2) is 0 Å². The first-order valence-corrected chi connectivity index (χ1v) is 11.5. The van der Waals surface area contributed by atoms with Gasteiger partial charge in [-0.1, -0.05) is 54.1 Å². The standard InChI is InChI=1S/C23H21ClN2O3S/c24-19-10-14-21(15-11-19)30(28,29)26-16-4-7-22(26)23(27)25-20-12-8-18(9-13-20)17-5-2-1-3-6-17/h1-3,5-6,8-15,22H,4,7,16H2,(H,25,27)/t22-/m1/s1. The topological polar surface area (TPSA) is 66.5 Å². The number of nitrogens with one attached hydrogen (secondary N) is 1. The number of carbonyl (C=O) groups excluding carboxylic acids is 1. The lowest BCUT2D eigenvalue weighted by Gasteiger charge is -2.23. The molecule has 1 aliphatic heterocycles. The lowest BCUT2D eigenvalue weighted by Crippen LogP contribution is -2.43. The largest absolute Gasteiger partial charge is 0.325 e. The van der Waals surface area contributed by atoms with Crippen molar-refractivity contribution in [3.05, 3.63) is 83.9 Å². The normalized spacial score (nSPS) is 17.0. The predicted octanol–water partition coefficient (Wildman–Crippen LogP) is 4.80. The maximum Gasteiger partial charge on any atom is 0.243 e. The third kappa shape index (κ3) is 4.26. The first-order chi connectivity index (χ1) is 14.4. The summed E-state index contributed by atoms with van der Waals surface area (Å²) < 4.78 is 27.3. The zero-order valence-corrected chi connectivity index (χ0v) is 17.7. The molecule has 3 aromatic rings. The van der Waals surface area contributed by atoms with Crippen molar-refractivity contribution in [1.82, 2.24) is 4.31 Å². The molecule has 1 N–H and O–H groups in total. The number of anilines is 1. The van der Waals surface area contributed by atoms with Crippen LogP contribution in [0.2, 0.25) is 5.02 Å². The molecule has 0 unspecified atom stereocenters. The number of hydrogen-bond acceptors (Lipinski definition) is 3. The van der Waals surface area contributed by atoms with Gasteiger partial charge in [0.2, 0.25) is 15.9 Å². The maximum absolute atomic E-state index is 13.0. The highest BCUT2D eigenvalue weighted by atomic mass is 35.5. The van der Waals surface area contributed by atoms with Gasteiger partial charge >= 0.3 is 0 Å². The number of hydrogen-bond donors (Lipinski definition) is 1. The summed E-state index contributed by atoms with van der Waals surface area (Å²) in [5.74, 6) is -0.322. The zero-order valence-electron chi connectivity index (χ0n) is 16.2. The van der Waals surface area contributed by atoms with Gasteiger partial charge in [0, 0.05) is 17.3 Å². The maximum atomic E-state index is 13.0. The molecule has 1 fully saturated rings. The van der Waals surface area contributed by atoms with Gasteiger partial charge in [-0.3, -0.25) is 4.79 Å². The Labute approximate surface area is 181 Å². The fourth-order valence-corrected chi connectivity index (χ4v) is 5.42. The summed E-state index contributed by atoms with van der Waals surface area (Å²) in [4.78, 5) is 13.0. The third-order valence-corrected chi connectivity index (χ3v) is 7.36. The number of halogens is 1. The number of nitrogens with zero attached hydrogens (tertiary/aromatic N) is 1. The molecule has 1 aliphatic rings. The zero-order chi connectivity index (χ0) is 21.1. The Morgan fingerprint density at radius 2 is 1.53 bits per heavy atom. The summed E-state index contributed by atoms with van der Waals surface area (Å²) in [5.41, 5.74) is 2.77. The van der Waals surface area contributed by atoms with Gasteiger partial charge in [-0.25, -0.2) is 8.42 Å². The Morgan fingerprint density at radius 3 is 2.20 bits per heavy atom. The lowest BCUT2D eigenvalue weighted by molar-refractivity contribution is -0.119. The van der Waals surface area contributed by atoms with Gasteiger partial charge in [-0.15, -0.1) is 0 Å². The second-order valence-corrected chi connectivity index (χ2v) is 9.49. The van der Waals surface area contributed by atoms with Crippen molar-refractivity contribution in [2.45, 2.75) is 23.8 Å². The van der Waals surface area contributed by atoms with E-state index in [-0.39, 0.29) is 10.8 Å². The van der Waals surface area contributed by atoms with E-state index in [1.54, 1.807) is 0 Å². The molecule has 5 nitrogen and oxygen atoms in total. The predicted molar refractivity (Wildman–Crippen MR) is 119 cm³/mol. The van der Waals surface area contributed by atoms with Crippen LogP contribution < -0.4 is 5.32 Å². The number of sulfonamides is 1. The molecule has 154 valence electrons. The SMILES string of the molecule is O=C(Nc1ccc(-c2ccccc2)cc1)[C@H]1CCCN1S(=O)(=O)c1ccc(Cl)cc1. The van der Waals surface area contributed by atoms with Gasteiger partial charge in [-0.2, -0.15) is 4.31 Å². The van der Waals surface area contributed by atoms with Crippen molar-refractivity contribution < 1.29 is 13.2 Å². The first kappa shape index (κ1) is 20.6. The summed E-state index contributed by atoms with van der Waals surface area (Å²) in [6, 6.07) is 22.7. The van der Waals surface area contributed by atoms with Crippen molar-refractivity contribution in [1.29, 1.82) is 0 Å². The van der Waals surface area contributed by atoms with E-state index in [1.807, 2.05) is 54.6 Å². The molecule has 3 aromatic carbocycles. The smallest absolute Gasteiger partial charge is 0.243 e. The summed E-state index contributed by atoms with van der Waals surface area (Å²) in [5, 5.41) is 3.32. The molecule has 1 amide bonds. The van der Waals surface area contributed by atoms with Crippen LogP contribution in [-0.2, 0) is 14.8 Å². The molecule has 0 radical (unpaired) electrons. The Balaban J connectivity index is 1.49. The lowest BCUT2D eigenvalue weighted by atomic mass is 10.1. The minimum absolute atomic E-state index is 0.138. The molecule has 0 spiro atoms. The minimum Gasteiger partial charge on any atom is -0.325 e. The molecule has 0 aliphatic carbocycles. The Bertz CT molecular complexity index is 1130. The van der Waals surface area contributed by atoms with Crippen LogP contribution in [0.3, 0.4) is 0 Å². The quantitative estimate of drug-likeness (QED) is 0.619. The molecule has 30 heavy (non-hydrogen) atoms. The highest BCUT2D eigenvalue weighted by molar-refractivity contribution is 7.89. The number of benzene rings is 3. The monoisotopic (exact) mass is 440 g/mol. The second-order valence-electron chi connectivity index (χ2n) is 7.16. The van der Waals surface area contributed by atoms with Gasteiger partial charge < -0.3 is 5.32 Å². The Morgan fingerprint density at radius 1 is 0.900 bits per heavy atom. The molecule has 1 atom stereocenters. The molecular formula is C23H21ClN2O3S. The molecule has 4 rings (SSSR count). The molecular weight excluding hydrogens is 420 g/mol. The summed E-state index contributed by atoms with van der Waals surface area (Å²) >= 11 is 5.87. The molecule has 0 bridgehead atoms. The fraction of sp³-hybridized carbons (Fsp3) is 0.174. The fourth-order valence-electron chi connectivity index (χ4n) is 3.63. The average Bonchev–Trinajstić information content (AvgIpc) is 3.26. The minimum atomic E-state index is -3.77. The van der Waals surface area contributed by atoms with Crippen LogP contribution in [0.4, 0.5) is 5.69 Å². The van der Waals surface area contributed by atoms with E-state index >= 15 is 0 Å². The Kier molecular flexibility index (Phi) is 5.90. The number of rotatable bonds is 5. The van der Waals surface area contributed by atoms with Crippen LogP contribution in [0.5, 0.6) is 0 Å². The van der Waals surface area contributed by atoms with Crippen LogP contribution in [-0.4, -0.2) is 31.2 Å². The van der Waals surface area contributed by atoms with E-state index in [0.29, 0.717) is 30.1 Å². The molecule has 1 heterocycles. The first-order valence-electron chi connectivity index (χ1n) is 9.69. The van der Waals surface area contributed by atoms with E-state index in [1.165, 1.54) is 28.6 Å². The van der Waals surface area contributed by atoms with Gasteiger partial charge in [0.05, 0.1) is 4.90 Å². The van der Waals surface area contributed by atoms with E-state index in [0.717, 1.165) is 11.1 Å². The third-order valence-electron chi connectivity index (χ3n) is 5.19. The van der Waals surface area contributed by atoms with Crippen LogP contribution in [0.1, 0.15) is 12.8 Å². The van der Waals surface area contributed by atoms with Crippen molar-refractivity contribution in [3.63, 3.8) is 0 Å². The summed E-state index contributed by atoms with van der Waals surface area (Å²) in [6.07, 6.45) is 1.12. The highest BCUT2D eigenvalue weighted by Gasteiger charge is 2.39. The van der Waals surface area contributed by atoms with Crippen molar-refractivity contribution in [2.24, 2.45) is 0 Å². The van der Waals surface area contributed by atoms with Crippen LogP contribution in [0.25, 0.3) is 11.1 Å².